The lowest BCUT2D eigenvalue weighted by Gasteiger charge is -2.13. The quantitative estimate of drug-likeness (QED) is 0.0897. The van der Waals surface area contributed by atoms with E-state index in [9.17, 15) is 19.7 Å². The molecule has 0 N–H and O–H groups in total. The Bertz CT molecular complexity index is 1050. The minimum absolute atomic E-state index is 0.0785. The van der Waals surface area contributed by atoms with Crippen LogP contribution in [0.1, 0.15) is 48.5 Å². The maximum absolute atomic E-state index is 12.7. The van der Waals surface area contributed by atoms with Crippen LogP contribution >= 0.6 is 24.0 Å². The molecule has 9 heteroatoms. The zero-order valence-electron chi connectivity index (χ0n) is 17.5. The number of amides is 1. The summed E-state index contributed by atoms with van der Waals surface area (Å²) in [6.45, 7) is 2.78. The number of rotatable bonds is 9. The number of thiocarbonyl (C=S) groups is 1. The van der Waals surface area contributed by atoms with E-state index in [0.717, 1.165) is 31.2 Å². The molecule has 2 aromatic carbocycles. The van der Waals surface area contributed by atoms with Crippen LogP contribution in [0, 0.1) is 10.1 Å². The molecule has 0 atom stereocenters. The lowest BCUT2D eigenvalue weighted by molar-refractivity contribution is -0.384. The van der Waals surface area contributed by atoms with Gasteiger partial charge in [-0.2, -0.15) is 0 Å². The molecule has 2 aromatic rings. The first-order valence-corrected chi connectivity index (χ1v) is 11.4. The van der Waals surface area contributed by atoms with E-state index < -0.39 is 10.9 Å². The van der Waals surface area contributed by atoms with Crippen molar-refractivity contribution < 1.29 is 19.2 Å². The normalized spacial score (nSPS) is 14.8. The summed E-state index contributed by atoms with van der Waals surface area (Å²) in [7, 11) is 0. The molecule has 1 aliphatic heterocycles. The summed E-state index contributed by atoms with van der Waals surface area (Å²) in [5, 5.41) is 10.7. The molecule has 0 unspecified atom stereocenters. The van der Waals surface area contributed by atoms with Gasteiger partial charge in [-0.1, -0.05) is 62.3 Å². The maximum atomic E-state index is 12.7. The van der Waals surface area contributed by atoms with Crippen LogP contribution in [0.25, 0.3) is 6.08 Å². The molecule has 0 aromatic heterocycles. The summed E-state index contributed by atoms with van der Waals surface area (Å²) in [6, 6.07) is 11.9. The van der Waals surface area contributed by atoms with E-state index in [1.165, 1.54) is 36.0 Å². The largest absolute Gasteiger partial charge is 0.423 e. The van der Waals surface area contributed by atoms with Gasteiger partial charge in [0, 0.05) is 18.7 Å². The molecule has 0 radical (unpaired) electrons. The van der Waals surface area contributed by atoms with Gasteiger partial charge in [-0.05, 0) is 42.3 Å². The number of nitro benzene ring substituents is 1. The molecule has 32 heavy (non-hydrogen) atoms. The first-order valence-electron chi connectivity index (χ1n) is 10.2. The molecule has 1 saturated heterocycles. The molecule has 0 saturated carbocycles. The van der Waals surface area contributed by atoms with E-state index in [-0.39, 0.29) is 17.2 Å². The minimum atomic E-state index is -0.614. The summed E-state index contributed by atoms with van der Waals surface area (Å²) in [4.78, 5) is 37.3. The maximum Gasteiger partial charge on any atom is 0.343 e. The number of carbonyl (C=O) groups excluding carboxylic acids is 2. The highest BCUT2D eigenvalue weighted by Crippen LogP contribution is 2.33. The molecule has 1 fully saturated rings. The SMILES string of the molecule is CCCCCCN1C(=O)C(=Cc2ccc(OC(=O)c3ccc([N+](=O)[O-])cc3)cc2)SC1=S. The van der Waals surface area contributed by atoms with Crippen molar-refractivity contribution in [3.63, 3.8) is 0 Å². The number of thioether (sulfide) groups is 1. The van der Waals surface area contributed by atoms with Gasteiger partial charge in [0.25, 0.3) is 11.6 Å². The predicted molar refractivity (Wildman–Crippen MR) is 129 cm³/mol. The zero-order chi connectivity index (χ0) is 23.1. The van der Waals surface area contributed by atoms with Crippen LogP contribution < -0.4 is 4.74 Å². The van der Waals surface area contributed by atoms with Crippen molar-refractivity contribution in [1.82, 2.24) is 4.90 Å². The Morgan fingerprint density at radius 2 is 1.81 bits per heavy atom. The molecular weight excluding hydrogens is 448 g/mol. The lowest BCUT2D eigenvalue weighted by atomic mass is 10.2. The number of hydrogen-bond acceptors (Lipinski definition) is 7. The predicted octanol–water partition coefficient (Wildman–Crippen LogP) is 5.60. The minimum Gasteiger partial charge on any atom is -0.423 e. The summed E-state index contributed by atoms with van der Waals surface area (Å²) in [6.07, 6.45) is 6.06. The zero-order valence-corrected chi connectivity index (χ0v) is 19.1. The Morgan fingerprint density at radius 1 is 1.12 bits per heavy atom. The number of hydrogen-bond donors (Lipinski definition) is 0. The van der Waals surface area contributed by atoms with Crippen molar-refractivity contribution in [3.05, 3.63) is 74.7 Å². The molecule has 0 spiro atoms. The summed E-state index contributed by atoms with van der Waals surface area (Å²) in [5.41, 5.74) is 0.895. The molecule has 3 rings (SSSR count). The molecule has 1 amide bonds. The average Bonchev–Trinajstić information content (AvgIpc) is 3.05. The Kier molecular flexibility index (Phi) is 8.13. The van der Waals surface area contributed by atoms with Crippen molar-refractivity contribution in [2.24, 2.45) is 0 Å². The van der Waals surface area contributed by atoms with Gasteiger partial charge in [0.1, 0.15) is 10.1 Å². The summed E-state index contributed by atoms with van der Waals surface area (Å²) >= 11 is 6.65. The van der Waals surface area contributed by atoms with E-state index in [4.69, 9.17) is 17.0 Å². The first kappa shape index (κ1) is 23.6. The highest BCUT2D eigenvalue weighted by atomic mass is 32.2. The second-order valence-electron chi connectivity index (χ2n) is 7.16. The van der Waals surface area contributed by atoms with E-state index in [0.29, 0.717) is 21.5 Å². The Balaban J connectivity index is 1.61. The van der Waals surface area contributed by atoms with Gasteiger partial charge in [-0.15, -0.1) is 0 Å². The van der Waals surface area contributed by atoms with Gasteiger partial charge in [0.15, 0.2) is 0 Å². The standard InChI is InChI=1S/C23H22N2O5S2/c1-2-3-4-5-14-24-21(26)20(32-23(24)31)15-16-6-12-19(13-7-16)30-22(27)17-8-10-18(11-9-17)25(28)29/h6-13,15H,2-5,14H2,1H3. The topological polar surface area (TPSA) is 89.8 Å². The second kappa shape index (κ2) is 11.0. The van der Waals surface area contributed by atoms with Crippen molar-refractivity contribution in [3.8, 4) is 5.75 Å². The van der Waals surface area contributed by atoms with Crippen LogP contribution in [0.5, 0.6) is 5.75 Å². The fourth-order valence-corrected chi connectivity index (χ4v) is 4.37. The number of esters is 1. The van der Waals surface area contributed by atoms with Crippen LogP contribution in [-0.4, -0.2) is 32.6 Å². The summed E-state index contributed by atoms with van der Waals surface area (Å²) in [5.74, 6) is -0.365. The number of carbonyl (C=O) groups is 2. The Hall–Kier alpha value is -3.04. The fraction of sp³-hybridized carbons (Fsp3) is 0.261. The number of non-ortho nitro benzene ring substituents is 1. The monoisotopic (exact) mass is 470 g/mol. The molecular formula is C23H22N2O5S2. The number of unbranched alkanes of at least 4 members (excludes halogenated alkanes) is 3. The third kappa shape index (κ3) is 6.02. The second-order valence-corrected chi connectivity index (χ2v) is 8.83. The smallest absolute Gasteiger partial charge is 0.343 e. The van der Waals surface area contributed by atoms with Crippen molar-refractivity contribution in [2.75, 3.05) is 6.54 Å². The fourth-order valence-electron chi connectivity index (χ4n) is 3.06. The van der Waals surface area contributed by atoms with Crippen LogP contribution in [0.15, 0.2) is 53.4 Å². The van der Waals surface area contributed by atoms with E-state index in [2.05, 4.69) is 6.92 Å². The third-order valence-electron chi connectivity index (χ3n) is 4.81. The molecule has 0 bridgehead atoms. The van der Waals surface area contributed by atoms with E-state index in [1.54, 1.807) is 35.2 Å². The van der Waals surface area contributed by atoms with Gasteiger partial charge < -0.3 is 4.74 Å². The van der Waals surface area contributed by atoms with Gasteiger partial charge >= 0.3 is 5.97 Å². The van der Waals surface area contributed by atoms with Gasteiger partial charge in [-0.25, -0.2) is 4.79 Å². The number of nitrogens with zero attached hydrogens (tertiary/aromatic N) is 2. The highest BCUT2D eigenvalue weighted by Gasteiger charge is 2.31. The van der Waals surface area contributed by atoms with Gasteiger partial charge in [-0.3, -0.25) is 19.8 Å². The number of benzene rings is 2. The Labute approximate surface area is 195 Å². The average molecular weight is 471 g/mol. The van der Waals surface area contributed by atoms with Crippen LogP contribution in [0.3, 0.4) is 0 Å². The molecule has 0 aliphatic carbocycles. The van der Waals surface area contributed by atoms with Gasteiger partial charge in [0.2, 0.25) is 0 Å². The highest BCUT2D eigenvalue weighted by molar-refractivity contribution is 8.26. The molecule has 166 valence electrons. The van der Waals surface area contributed by atoms with E-state index >= 15 is 0 Å². The van der Waals surface area contributed by atoms with Gasteiger partial charge in [0.05, 0.1) is 15.4 Å². The third-order valence-corrected chi connectivity index (χ3v) is 6.19. The number of ether oxygens (including phenoxy) is 1. The van der Waals surface area contributed by atoms with Crippen molar-refractivity contribution in [1.29, 1.82) is 0 Å². The van der Waals surface area contributed by atoms with E-state index in [1.807, 2.05) is 0 Å². The Morgan fingerprint density at radius 3 is 2.44 bits per heavy atom. The van der Waals surface area contributed by atoms with Crippen molar-refractivity contribution in [2.45, 2.75) is 32.6 Å². The lowest BCUT2D eigenvalue weighted by Crippen LogP contribution is -2.28. The van der Waals surface area contributed by atoms with Crippen LogP contribution in [0.4, 0.5) is 5.69 Å². The molecule has 7 nitrogen and oxygen atoms in total. The van der Waals surface area contributed by atoms with Crippen LogP contribution in [-0.2, 0) is 4.79 Å². The molecule has 1 aliphatic rings. The first-order chi connectivity index (χ1) is 15.4. The number of nitro groups is 1. The summed E-state index contributed by atoms with van der Waals surface area (Å²) < 4.78 is 5.89. The van der Waals surface area contributed by atoms with Crippen LogP contribution in [0.2, 0.25) is 0 Å². The molecule has 1 heterocycles. The van der Waals surface area contributed by atoms with Crippen molar-refractivity contribution >= 4 is 51.9 Å².